The predicted molar refractivity (Wildman–Crippen MR) is 55.0 cm³/mol. The molecule has 1 heterocycles. The van der Waals surface area contributed by atoms with Gasteiger partial charge in [-0.25, -0.2) is 0 Å². The molecule has 0 amide bonds. The van der Waals surface area contributed by atoms with E-state index in [9.17, 15) is 0 Å². The Bertz CT molecular complexity index is 330. The van der Waals surface area contributed by atoms with Gasteiger partial charge in [0.1, 0.15) is 11.7 Å². The molecule has 0 aromatic heterocycles. The van der Waals surface area contributed by atoms with Gasteiger partial charge in [-0.2, -0.15) is 0 Å². The molecule has 2 nitrogen and oxygen atoms in total. The molecule has 0 fully saturated rings. The molecule has 1 aromatic carbocycles. The zero-order valence-corrected chi connectivity index (χ0v) is 8.65. The zero-order chi connectivity index (χ0) is 9.47. The highest BCUT2D eigenvalue weighted by molar-refractivity contribution is 7.99. The Morgan fingerprint density at radius 3 is 2.92 bits per heavy atom. The van der Waals surface area contributed by atoms with Crippen LogP contribution in [-0.2, 0) is 5.54 Å². The molecule has 3 heteroatoms. The third kappa shape index (κ3) is 1.67. The number of nitrogens with two attached hydrogens (primary N) is 1. The van der Waals surface area contributed by atoms with Crippen molar-refractivity contribution in [1.29, 1.82) is 0 Å². The highest BCUT2D eigenvalue weighted by Gasteiger charge is 2.19. The zero-order valence-electron chi connectivity index (χ0n) is 7.83. The van der Waals surface area contributed by atoms with Crippen molar-refractivity contribution in [3.63, 3.8) is 0 Å². The van der Waals surface area contributed by atoms with Crippen LogP contribution in [0.25, 0.3) is 0 Å². The lowest BCUT2D eigenvalue weighted by atomic mass is 9.96. The lowest BCUT2D eigenvalue weighted by Crippen LogP contribution is -2.28. The molecule has 0 atom stereocenters. The normalized spacial score (nSPS) is 15.3. The van der Waals surface area contributed by atoms with Gasteiger partial charge < -0.3 is 10.5 Å². The Labute approximate surface area is 82.5 Å². The Morgan fingerprint density at radius 2 is 2.23 bits per heavy atom. The molecule has 0 aliphatic carbocycles. The van der Waals surface area contributed by atoms with Gasteiger partial charge in [0.2, 0.25) is 0 Å². The minimum Gasteiger partial charge on any atom is -0.481 e. The fourth-order valence-electron chi connectivity index (χ4n) is 1.30. The first-order valence-electron chi connectivity index (χ1n) is 4.26. The van der Waals surface area contributed by atoms with E-state index in [0.717, 1.165) is 17.3 Å². The van der Waals surface area contributed by atoms with E-state index in [1.807, 2.05) is 19.9 Å². The molecule has 1 aromatic rings. The van der Waals surface area contributed by atoms with Gasteiger partial charge in [-0.3, -0.25) is 0 Å². The summed E-state index contributed by atoms with van der Waals surface area (Å²) in [5.41, 5.74) is 6.82. The summed E-state index contributed by atoms with van der Waals surface area (Å²) in [6.45, 7) is 3.99. The lowest BCUT2D eigenvalue weighted by Gasteiger charge is -2.19. The van der Waals surface area contributed by atoms with E-state index in [1.54, 1.807) is 11.8 Å². The summed E-state index contributed by atoms with van der Waals surface area (Å²) in [5, 5.41) is 0. The topological polar surface area (TPSA) is 35.2 Å². The SMILES string of the molecule is CC(C)(N)c1ccc2c(c1)OCS2. The second-order valence-electron chi connectivity index (χ2n) is 3.79. The highest BCUT2D eigenvalue weighted by atomic mass is 32.2. The number of fused-ring (bicyclic) bond motifs is 1. The molecule has 0 spiro atoms. The quantitative estimate of drug-likeness (QED) is 0.747. The summed E-state index contributed by atoms with van der Waals surface area (Å²) in [6.07, 6.45) is 0. The number of hydrogen-bond acceptors (Lipinski definition) is 3. The third-order valence-corrected chi connectivity index (χ3v) is 3.00. The summed E-state index contributed by atoms with van der Waals surface area (Å²) in [5.74, 6) is 1.70. The standard InChI is InChI=1S/C10H13NOS/c1-10(2,11)7-3-4-9-8(5-7)12-6-13-9/h3-5H,6,11H2,1-2H3. The van der Waals surface area contributed by atoms with Crippen LogP contribution in [0.5, 0.6) is 5.75 Å². The molecular weight excluding hydrogens is 182 g/mol. The minimum absolute atomic E-state index is 0.286. The summed E-state index contributed by atoms with van der Waals surface area (Å²) in [7, 11) is 0. The number of ether oxygens (including phenoxy) is 1. The predicted octanol–water partition coefficient (Wildman–Crippen LogP) is 2.32. The number of thioether (sulfide) groups is 1. The van der Waals surface area contributed by atoms with Crippen LogP contribution >= 0.6 is 11.8 Å². The molecule has 2 N–H and O–H groups in total. The second kappa shape index (κ2) is 2.93. The van der Waals surface area contributed by atoms with Crippen molar-refractivity contribution in [2.24, 2.45) is 5.73 Å². The van der Waals surface area contributed by atoms with Gasteiger partial charge in [-0.15, -0.1) is 0 Å². The van der Waals surface area contributed by atoms with Crippen LogP contribution in [-0.4, -0.2) is 5.94 Å². The molecule has 13 heavy (non-hydrogen) atoms. The van der Waals surface area contributed by atoms with Crippen LogP contribution < -0.4 is 10.5 Å². The largest absolute Gasteiger partial charge is 0.481 e. The molecular formula is C10H13NOS. The van der Waals surface area contributed by atoms with Gasteiger partial charge in [0.15, 0.2) is 0 Å². The molecule has 0 saturated heterocycles. The van der Waals surface area contributed by atoms with Crippen LogP contribution in [0.1, 0.15) is 19.4 Å². The van der Waals surface area contributed by atoms with E-state index >= 15 is 0 Å². The molecule has 70 valence electrons. The van der Waals surface area contributed by atoms with Crippen molar-refractivity contribution < 1.29 is 4.74 Å². The van der Waals surface area contributed by atoms with E-state index in [4.69, 9.17) is 10.5 Å². The van der Waals surface area contributed by atoms with Gasteiger partial charge in [0.05, 0.1) is 4.90 Å². The van der Waals surface area contributed by atoms with Gasteiger partial charge >= 0.3 is 0 Å². The summed E-state index contributed by atoms with van der Waals surface area (Å²) in [4.78, 5) is 1.22. The van der Waals surface area contributed by atoms with E-state index in [0.29, 0.717) is 0 Å². The Kier molecular flexibility index (Phi) is 2.00. The van der Waals surface area contributed by atoms with Crippen LogP contribution in [0.2, 0.25) is 0 Å². The van der Waals surface area contributed by atoms with E-state index in [-0.39, 0.29) is 5.54 Å². The lowest BCUT2D eigenvalue weighted by molar-refractivity contribution is 0.395. The van der Waals surface area contributed by atoms with Crippen LogP contribution in [0.15, 0.2) is 23.1 Å². The third-order valence-electron chi connectivity index (χ3n) is 2.12. The average Bonchev–Trinajstić information content (AvgIpc) is 2.47. The van der Waals surface area contributed by atoms with E-state index in [2.05, 4.69) is 12.1 Å². The first-order valence-corrected chi connectivity index (χ1v) is 5.25. The van der Waals surface area contributed by atoms with Crippen molar-refractivity contribution in [3.8, 4) is 5.75 Å². The maximum atomic E-state index is 5.99. The van der Waals surface area contributed by atoms with Crippen molar-refractivity contribution >= 4 is 11.8 Å². The van der Waals surface area contributed by atoms with Gasteiger partial charge in [0, 0.05) is 5.54 Å². The number of hydrogen-bond donors (Lipinski definition) is 1. The number of benzene rings is 1. The molecule has 1 aliphatic rings. The van der Waals surface area contributed by atoms with Gasteiger partial charge in [-0.1, -0.05) is 17.8 Å². The van der Waals surface area contributed by atoms with Crippen molar-refractivity contribution in [3.05, 3.63) is 23.8 Å². The Balaban J connectivity index is 2.42. The first kappa shape index (κ1) is 8.91. The number of rotatable bonds is 1. The highest BCUT2D eigenvalue weighted by Crippen LogP contribution is 2.37. The summed E-state index contributed by atoms with van der Waals surface area (Å²) < 4.78 is 5.44. The minimum atomic E-state index is -0.286. The van der Waals surface area contributed by atoms with Crippen LogP contribution in [0.4, 0.5) is 0 Å². The average molecular weight is 195 g/mol. The maximum Gasteiger partial charge on any atom is 0.138 e. The summed E-state index contributed by atoms with van der Waals surface area (Å²) >= 11 is 1.72. The van der Waals surface area contributed by atoms with Crippen LogP contribution in [0.3, 0.4) is 0 Å². The van der Waals surface area contributed by atoms with Crippen molar-refractivity contribution in [2.45, 2.75) is 24.3 Å². The molecule has 0 radical (unpaired) electrons. The fourth-order valence-corrected chi connectivity index (χ4v) is 2.03. The molecule has 0 saturated carbocycles. The van der Waals surface area contributed by atoms with Crippen LogP contribution in [0, 0.1) is 0 Å². The Hall–Kier alpha value is -0.670. The smallest absolute Gasteiger partial charge is 0.138 e. The van der Waals surface area contributed by atoms with Gasteiger partial charge in [-0.05, 0) is 31.5 Å². The fraction of sp³-hybridized carbons (Fsp3) is 0.400. The van der Waals surface area contributed by atoms with Crippen molar-refractivity contribution in [2.75, 3.05) is 5.94 Å². The van der Waals surface area contributed by atoms with E-state index < -0.39 is 0 Å². The Morgan fingerprint density at radius 1 is 1.46 bits per heavy atom. The molecule has 2 rings (SSSR count). The van der Waals surface area contributed by atoms with Crippen molar-refractivity contribution in [1.82, 2.24) is 0 Å². The van der Waals surface area contributed by atoms with E-state index in [1.165, 1.54) is 4.90 Å². The summed E-state index contributed by atoms with van der Waals surface area (Å²) in [6, 6.07) is 6.19. The second-order valence-corrected chi connectivity index (χ2v) is 4.75. The maximum absolute atomic E-state index is 5.99. The molecule has 1 aliphatic heterocycles. The monoisotopic (exact) mass is 195 g/mol. The van der Waals surface area contributed by atoms with Gasteiger partial charge in [0.25, 0.3) is 0 Å². The molecule has 0 bridgehead atoms. The first-order chi connectivity index (χ1) is 6.07. The molecule has 0 unspecified atom stereocenters.